The van der Waals surface area contributed by atoms with Crippen LogP contribution in [0.4, 0.5) is 5.69 Å². The quantitative estimate of drug-likeness (QED) is 0.927. The van der Waals surface area contributed by atoms with Gasteiger partial charge in [0.2, 0.25) is 0 Å². The van der Waals surface area contributed by atoms with Crippen LogP contribution in [-0.2, 0) is 13.6 Å². The van der Waals surface area contributed by atoms with Crippen molar-refractivity contribution in [3.63, 3.8) is 0 Å². The molecule has 1 aromatic heterocycles. The van der Waals surface area contributed by atoms with E-state index >= 15 is 0 Å². The lowest BCUT2D eigenvalue weighted by atomic mass is 10.1. The molecule has 2 aromatic rings. The second-order valence-electron chi connectivity index (χ2n) is 4.90. The molecule has 4 nitrogen and oxygen atoms in total. The van der Waals surface area contributed by atoms with E-state index in [1.54, 1.807) is 7.11 Å². The van der Waals surface area contributed by atoms with Crippen molar-refractivity contribution >= 4 is 5.69 Å². The van der Waals surface area contributed by atoms with Crippen molar-refractivity contribution in [2.45, 2.75) is 20.4 Å². The van der Waals surface area contributed by atoms with Crippen molar-refractivity contribution in [1.82, 2.24) is 4.57 Å². The van der Waals surface area contributed by atoms with Crippen molar-refractivity contribution in [2.75, 3.05) is 12.4 Å². The summed E-state index contributed by atoms with van der Waals surface area (Å²) < 4.78 is 7.25. The fourth-order valence-electron chi connectivity index (χ4n) is 2.37. The first-order valence-corrected chi connectivity index (χ1v) is 6.50. The number of anilines is 1. The van der Waals surface area contributed by atoms with Gasteiger partial charge < -0.3 is 14.6 Å². The molecule has 0 saturated heterocycles. The van der Waals surface area contributed by atoms with Gasteiger partial charge in [-0.15, -0.1) is 0 Å². The van der Waals surface area contributed by atoms with Gasteiger partial charge in [0, 0.05) is 31.0 Å². The zero-order valence-corrected chi connectivity index (χ0v) is 12.3. The summed E-state index contributed by atoms with van der Waals surface area (Å²) in [4.78, 5) is 0. The number of methoxy groups -OCH3 is 1. The maximum atomic E-state index is 8.95. The van der Waals surface area contributed by atoms with Crippen molar-refractivity contribution in [3.05, 3.63) is 46.8 Å². The Morgan fingerprint density at radius 2 is 2.10 bits per heavy atom. The Labute approximate surface area is 119 Å². The molecule has 0 aliphatic rings. The Morgan fingerprint density at radius 1 is 1.35 bits per heavy atom. The van der Waals surface area contributed by atoms with Gasteiger partial charge in [-0.3, -0.25) is 0 Å². The average Bonchev–Trinajstić information content (AvgIpc) is 2.79. The van der Waals surface area contributed by atoms with E-state index in [2.05, 4.69) is 17.5 Å². The van der Waals surface area contributed by atoms with Crippen molar-refractivity contribution in [3.8, 4) is 11.8 Å². The molecule has 0 aliphatic carbocycles. The topological polar surface area (TPSA) is 50.0 Å². The number of hydrogen-bond donors (Lipinski definition) is 1. The molecular formula is C16H19N3O. The van der Waals surface area contributed by atoms with Crippen LogP contribution in [0.15, 0.2) is 24.4 Å². The largest absolute Gasteiger partial charge is 0.496 e. The molecule has 4 heteroatoms. The number of hydrogen-bond acceptors (Lipinski definition) is 3. The molecule has 0 aliphatic heterocycles. The van der Waals surface area contributed by atoms with E-state index in [1.807, 2.05) is 43.8 Å². The number of rotatable bonds is 4. The minimum atomic E-state index is 0.667. The molecule has 1 aromatic carbocycles. The minimum absolute atomic E-state index is 0.667. The van der Waals surface area contributed by atoms with E-state index in [9.17, 15) is 0 Å². The summed E-state index contributed by atoms with van der Waals surface area (Å²) in [5, 5.41) is 12.3. The Hall–Kier alpha value is -2.41. The SMILES string of the molecule is COc1c(C)ccc(NCc2cc(C#N)n(C)c2)c1C. The van der Waals surface area contributed by atoms with Crippen LogP contribution in [0, 0.1) is 25.2 Å². The predicted molar refractivity (Wildman–Crippen MR) is 79.9 cm³/mol. The molecule has 0 bridgehead atoms. The van der Waals surface area contributed by atoms with Gasteiger partial charge in [0.1, 0.15) is 17.5 Å². The highest BCUT2D eigenvalue weighted by atomic mass is 16.5. The predicted octanol–water partition coefficient (Wildman–Crippen LogP) is 3.13. The van der Waals surface area contributed by atoms with Crippen LogP contribution in [-0.4, -0.2) is 11.7 Å². The van der Waals surface area contributed by atoms with E-state index < -0.39 is 0 Å². The minimum Gasteiger partial charge on any atom is -0.496 e. The monoisotopic (exact) mass is 269 g/mol. The third-order valence-electron chi connectivity index (χ3n) is 3.47. The first-order chi connectivity index (χ1) is 9.56. The van der Waals surface area contributed by atoms with Crippen molar-refractivity contribution < 1.29 is 4.74 Å². The van der Waals surface area contributed by atoms with Gasteiger partial charge in [-0.1, -0.05) is 6.07 Å². The molecule has 0 fully saturated rings. The number of benzene rings is 1. The maximum Gasteiger partial charge on any atom is 0.126 e. The van der Waals surface area contributed by atoms with E-state index in [0.717, 1.165) is 28.1 Å². The lowest BCUT2D eigenvalue weighted by Crippen LogP contribution is -2.02. The van der Waals surface area contributed by atoms with Crippen LogP contribution in [0.2, 0.25) is 0 Å². The molecule has 0 saturated carbocycles. The van der Waals surface area contributed by atoms with Crippen LogP contribution >= 0.6 is 0 Å². The standard InChI is InChI=1S/C16H19N3O/c1-11-5-6-15(12(2)16(11)20-4)18-9-13-7-14(8-17)19(3)10-13/h5-7,10,18H,9H2,1-4H3. The summed E-state index contributed by atoms with van der Waals surface area (Å²) in [6.45, 7) is 4.76. The Kier molecular flexibility index (Phi) is 3.99. The van der Waals surface area contributed by atoms with E-state index in [4.69, 9.17) is 10.00 Å². The summed E-state index contributed by atoms with van der Waals surface area (Å²) >= 11 is 0. The van der Waals surface area contributed by atoms with Gasteiger partial charge in [0.05, 0.1) is 7.11 Å². The van der Waals surface area contributed by atoms with Crippen molar-refractivity contribution in [2.24, 2.45) is 7.05 Å². The van der Waals surface area contributed by atoms with Gasteiger partial charge in [0.25, 0.3) is 0 Å². The highest BCUT2D eigenvalue weighted by molar-refractivity contribution is 5.59. The summed E-state index contributed by atoms with van der Waals surface area (Å²) in [5.41, 5.74) is 5.03. The number of nitrogens with zero attached hydrogens (tertiary/aromatic N) is 2. The molecule has 0 atom stereocenters. The number of nitriles is 1. The van der Waals surface area contributed by atoms with Gasteiger partial charge >= 0.3 is 0 Å². The zero-order valence-electron chi connectivity index (χ0n) is 12.3. The number of nitrogens with one attached hydrogen (secondary N) is 1. The van der Waals surface area contributed by atoms with Crippen molar-refractivity contribution in [1.29, 1.82) is 5.26 Å². The third kappa shape index (κ3) is 2.62. The fourth-order valence-corrected chi connectivity index (χ4v) is 2.37. The number of aromatic nitrogens is 1. The first-order valence-electron chi connectivity index (χ1n) is 6.50. The Balaban J connectivity index is 2.17. The van der Waals surface area contributed by atoms with Gasteiger partial charge in [-0.25, -0.2) is 0 Å². The van der Waals surface area contributed by atoms with Gasteiger partial charge in [-0.2, -0.15) is 5.26 Å². The normalized spacial score (nSPS) is 10.2. The Bertz CT molecular complexity index is 665. The molecular weight excluding hydrogens is 250 g/mol. The molecule has 0 spiro atoms. The number of ether oxygens (including phenoxy) is 1. The molecule has 1 heterocycles. The summed E-state index contributed by atoms with van der Waals surface area (Å²) in [6.07, 6.45) is 1.96. The summed E-state index contributed by atoms with van der Waals surface area (Å²) in [6, 6.07) is 8.16. The molecule has 20 heavy (non-hydrogen) atoms. The van der Waals surface area contributed by atoms with Crippen LogP contribution in [0.3, 0.4) is 0 Å². The van der Waals surface area contributed by atoms with E-state index in [0.29, 0.717) is 12.2 Å². The molecule has 0 amide bonds. The molecule has 2 rings (SSSR count). The summed E-state index contributed by atoms with van der Waals surface area (Å²) in [5.74, 6) is 0.917. The number of aryl methyl sites for hydroxylation is 2. The first kappa shape index (κ1) is 14.0. The van der Waals surface area contributed by atoms with Crippen LogP contribution < -0.4 is 10.1 Å². The lowest BCUT2D eigenvalue weighted by molar-refractivity contribution is 0.409. The smallest absolute Gasteiger partial charge is 0.126 e. The highest BCUT2D eigenvalue weighted by Gasteiger charge is 2.08. The van der Waals surface area contributed by atoms with Crippen LogP contribution in [0.5, 0.6) is 5.75 Å². The molecule has 1 N–H and O–H groups in total. The van der Waals surface area contributed by atoms with Gasteiger partial charge in [-0.05, 0) is 37.1 Å². The molecule has 0 unspecified atom stereocenters. The Morgan fingerprint density at radius 3 is 2.70 bits per heavy atom. The fraction of sp³-hybridized carbons (Fsp3) is 0.312. The molecule has 0 radical (unpaired) electrons. The summed E-state index contributed by atoms with van der Waals surface area (Å²) in [7, 11) is 3.57. The maximum absolute atomic E-state index is 8.95. The van der Waals surface area contributed by atoms with E-state index in [1.165, 1.54) is 0 Å². The molecule has 104 valence electrons. The van der Waals surface area contributed by atoms with Crippen LogP contribution in [0.25, 0.3) is 0 Å². The third-order valence-corrected chi connectivity index (χ3v) is 3.47. The second kappa shape index (κ2) is 5.70. The lowest BCUT2D eigenvalue weighted by Gasteiger charge is -2.14. The average molecular weight is 269 g/mol. The zero-order chi connectivity index (χ0) is 14.7. The second-order valence-corrected chi connectivity index (χ2v) is 4.90. The van der Waals surface area contributed by atoms with E-state index in [-0.39, 0.29) is 0 Å². The van der Waals surface area contributed by atoms with Gasteiger partial charge in [0.15, 0.2) is 0 Å². The van der Waals surface area contributed by atoms with Crippen LogP contribution in [0.1, 0.15) is 22.4 Å². The highest BCUT2D eigenvalue weighted by Crippen LogP contribution is 2.29.